The quantitative estimate of drug-likeness (QED) is 0.326. The number of aliphatic hydroxyl groups excluding tert-OH is 1. The molecule has 1 saturated heterocycles. The van der Waals surface area contributed by atoms with Crippen molar-refractivity contribution < 1.29 is 24.2 Å². The molecular formula is C25H29N3O5. The maximum absolute atomic E-state index is 13.0. The first-order valence-corrected chi connectivity index (χ1v) is 10.9. The van der Waals surface area contributed by atoms with Crippen LogP contribution in [0.2, 0.25) is 0 Å². The molecule has 1 unspecified atom stereocenters. The highest BCUT2D eigenvalue weighted by atomic mass is 16.5. The van der Waals surface area contributed by atoms with Crippen LogP contribution >= 0.6 is 0 Å². The van der Waals surface area contributed by atoms with Crippen LogP contribution in [0.25, 0.3) is 5.76 Å². The smallest absolute Gasteiger partial charge is 0.295 e. The van der Waals surface area contributed by atoms with E-state index < -0.39 is 23.6 Å². The largest absolute Gasteiger partial charge is 0.507 e. The van der Waals surface area contributed by atoms with Crippen molar-refractivity contribution in [1.82, 2.24) is 9.80 Å². The average molecular weight is 452 g/mol. The van der Waals surface area contributed by atoms with Crippen LogP contribution in [0.5, 0.6) is 5.75 Å². The molecule has 1 fully saturated rings. The molecule has 8 heteroatoms. The fourth-order valence-electron chi connectivity index (χ4n) is 3.90. The van der Waals surface area contributed by atoms with E-state index in [1.54, 1.807) is 48.5 Å². The van der Waals surface area contributed by atoms with Crippen LogP contribution in [0.1, 0.15) is 31.0 Å². The molecule has 0 aromatic heterocycles. The Labute approximate surface area is 193 Å². The second-order valence-electron chi connectivity index (χ2n) is 7.71. The van der Waals surface area contributed by atoms with Crippen LogP contribution < -0.4 is 10.5 Å². The second kappa shape index (κ2) is 10.8. The van der Waals surface area contributed by atoms with Crippen molar-refractivity contribution in [2.24, 2.45) is 5.73 Å². The Balaban J connectivity index is 2.02. The summed E-state index contributed by atoms with van der Waals surface area (Å²) < 4.78 is 5.32. The summed E-state index contributed by atoms with van der Waals surface area (Å²) in [5.41, 5.74) is 6.29. The number of likely N-dealkylation sites (tertiary alicyclic amines) is 1. The summed E-state index contributed by atoms with van der Waals surface area (Å²) in [5.74, 6) is -1.72. The molecule has 33 heavy (non-hydrogen) atoms. The number of aliphatic hydroxyl groups is 1. The number of carbonyl (C=O) groups is 3. The lowest BCUT2D eigenvalue weighted by atomic mass is 9.95. The lowest BCUT2D eigenvalue weighted by Gasteiger charge is -2.28. The number of nitrogens with zero attached hydrogens (tertiary/aromatic N) is 2. The molecule has 8 nitrogen and oxygen atoms in total. The first-order valence-electron chi connectivity index (χ1n) is 10.9. The van der Waals surface area contributed by atoms with Crippen molar-refractivity contribution in [2.75, 3.05) is 32.8 Å². The van der Waals surface area contributed by atoms with Crippen molar-refractivity contribution in [1.29, 1.82) is 0 Å². The first-order chi connectivity index (χ1) is 15.9. The molecule has 174 valence electrons. The number of rotatable bonds is 10. The lowest BCUT2D eigenvalue weighted by Crippen LogP contribution is -2.38. The minimum atomic E-state index is -0.744. The van der Waals surface area contributed by atoms with Gasteiger partial charge in [-0.25, -0.2) is 0 Å². The number of likely N-dealkylation sites (N-methyl/N-ethyl adjacent to an activating group) is 1. The number of Topliss-reactive ketones (excluding diaryl/α,β-unsaturated/α-hetero) is 1. The molecule has 1 aliphatic heterocycles. The molecule has 0 radical (unpaired) electrons. The van der Waals surface area contributed by atoms with Gasteiger partial charge in [0.25, 0.3) is 17.6 Å². The van der Waals surface area contributed by atoms with Gasteiger partial charge in [-0.3, -0.25) is 14.4 Å². The number of benzene rings is 2. The van der Waals surface area contributed by atoms with Gasteiger partial charge in [0.15, 0.2) is 6.61 Å². The number of nitrogens with two attached hydrogens (primary N) is 1. The zero-order valence-corrected chi connectivity index (χ0v) is 18.9. The Morgan fingerprint density at radius 2 is 1.70 bits per heavy atom. The Morgan fingerprint density at radius 3 is 2.27 bits per heavy atom. The normalized spacial score (nSPS) is 17.5. The van der Waals surface area contributed by atoms with Gasteiger partial charge in [0.2, 0.25) is 0 Å². The van der Waals surface area contributed by atoms with Gasteiger partial charge in [-0.2, -0.15) is 0 Å². The van der Waals surface area contributed by atoms with Crippen molar-refractivity contribution in [3.8, 4) is 5.75 Å². The average Bonchev–Trinajstić information content (AvgIpc) is 3.08. The van der Waals surface area contributed by atoms with Gasteiger partial charge in [0, 0.05) is 18.7 Å². The van der Waals surface area contributed by atoms with E-state index in [0.717, 1.165) is 13.1 Å². The van der Waals surface area contributed by atoms with E-state index in [1.807, 2.05) is 19.9 Å². The SMILES string of the molecule is CCN(CC)CCN1C(=O)C(=O)/C(=C(/O)c2ccccc2)C1c1ccc(OCC(N)=O)cc1. The van der Waals surface area contributed by atoms with Crippen molar-refractivity contribution in [3.63, 3.8) is 0 Å². The highest BCUT2D eigenvalue weighted by Gasteiger charge is 2.45. The number of carbonyl (C=O) groups excluding carboxylic acids is 3. The third-order valence-electron chi connectivity index (χ3n) is 5.72. The molecule has 0 bridgehead atoms. The van der Waals surface area contributed by atoms with Crippen molar-refractivity contribution in [3.05, 3.63) is 71.3 Å². The molecule has 0 saturated carbocycles. The molecule has 1 aliphatic rings. The fraction of sp³-hybridized carbons (Fsp3) is 0.320. The maximum atomic E-state index is 13.0. The summed E-state index contributed by atoms with van der Waals surface area (Å²) in [5, 5.41) is 11.0. The monoisotopic (exact) mass is 451 g/mol. The number of ketones is 1. The Bertz CT molecular complexity index is 1030. The van der Waals surface area contributed by atoms with E-state index in [4.69, 9.17) is 10.5 Å². The van der Waals surface area contributed by atoms with Crippen LogP contribution in [-0.4, -0.2) is 65.3 Å². The van der Waals surface area contributed by atoms with Gasteiger partial charge in [0.1, 0.15) is 11.5 Å². The van der Waals surface area contributed by atoms with E-state index in [0.29, 0.717) is 30.0 Å². The topological polar surface area (TPSA) is 113 Å². The summed E-state index contributed by atoms with van der Waals surface area (Å²) in [7, 11) is 0. The number of primary amides is 1. The lowest BCUT2D eigenvalue weighted by molar-refractivity contribution is -0.140. The van der Waals surface area contributed by atoms with Crippen molar-refractivity contribution >= 4 is 23.4 Å². The molecule has 3 rings (SSSR count). The van der Waals surface area contributed by atoms with E-state index in [1.165, 1.54) is 4.90 Å². The highest BCUT2D eigenvalue weighted by molar-refractivity contribution is 6.46. The minimum absolute atomic E-state index is 0.0524. The summed E-state index contributed by atoms with van der Waals surface area (Å²) in [4.78, 5) is 40.7. The second-order valence-corrected chi connectivity index (χ2v) is 7.71. The Hall–Kier alpha value is -3.65. The highest BCUT2D eigenvalue weighted by Crippen LogP contribution is 2.39. The summed E-state index contributed by atoms with van der Waals surface area (Å²) in [6, 6.07) is 14.7. The third-order valence-corrected chi connectivity index (χ3v) is 5.72. The molecule has 1 heterocycles. The Kier molecular flexibility index (Phi) is 7.84. The van der Waals surface area contributed by atoms with Gasteiger partial charge in [-0.15, -0.1) is 0 Å². The van der Waals surface area contributed by atoms with E-state index in [-0.39, 0.29) is 17.9 Å². The number of ether oxygens (including phenoxy) is 1. The van der Waals surface area contributed by atoms with Crippen LogP contribution in [0.15, 0.2) is 60.2 Å². The number of amides is 2. The predicted octanol–water partition coefficient (Wildman–Crippen LogP) is 2.31. The number of hydrogen-bond donors (Lipinski definition) is 2. The minimum Gasteiger partial charge on any atom is -0.507 e. The van der Waals surface area contributed by atoms with Gasteiger partial charge in [-0.1, -0.05) is 56.3 Å². The molecule has 2 amide bonds. The van der Waals surface area contributed by atoms with Gasteiger partial charge < -0.3 is 25.4 Å². The zero-order chi connectivity index (χ0) is 24.0. The maximum Gasteiger partial charge on any atom is 0.295 e. The first kappa shape index (κ1) is 24.0. The van der Waals surface area contributed by atoms with Gasteiger partial charge in [0.05, 0.1) is 11.6 Å². The third kappa shape index (κ3) is 5.40. The van der Waals surface area contributed by atoms with E-state index >= 15 is 0 Å². The Morgan fingerprint density at radius 1 is 1.06 bits per heavy atom. The summed E-state index contributed by atoms with van der Waals surface area (Å²) in [6.07, 6.45) is 0. The van der Waals surface area contributed by atoms with Gasteiger partial charge in [-0.05, 0) is 30.8 Å². The van der Waals surface area contributed by atoms with Gasteiger partial charge >= 0.3 is 0 Å². The van der Waals surface area contributed by atoms with Crippen LogP contribution in [0.4, 0.5) is 0 Å². The molecule has 3 N–H and O–H groups in total. The van der Waals surface area contributed by atoms with Crippen molar-refractivity contribution in [2.45, 2.75) is 19.9 Å². The summed E-state index contributed by atoms with van der Waals surface area (Å²) >= 11 is 0. The summed E-state index contributed by atoms with van der Waals surface area (Å²) in [6.45, 7) is 6.40. The fourth-order valence-corrected chi connectivity index (χ4v) is 3.90. The van der Waals surface area contributed by atoms with E-state index in [9.17, 15) is 19.5 Å². The molecular weight excluding hydrogens is 422 g/mol. The standard InChI is InChI=1S/C25H29N3O5/c1-3-27(4-2)14-15-28-22(17-10-12-19(13-11-17)33-16-20(26)29)21(24(31)25(28)32)23(30)18-8-6-5-7-9-18/h5-13,22,30H,3-4,14-16H2,1-2H3,(H2,26,29)/b23-21+. The predicted molar refractivity (Wildman–Crippen MR) is 124 cm³/mol. The molecule has 0 spiro atoms. The molecule has 2 aromatic carbocycles. The van der Waals surface area contributed by atoms with Crippen LogP contribution in [0, 0.1) is 0 Å². The zero-order valence-electron chi connectivity index (χ0n) is 18.9. The molecule has 2 aromatic rings. The van der Waals surface area contributed by atoms with Crippen LogP contribution in [-0.2, 0) is 14.4 Å². The molecule has 1 atom stereocenters. The van der Waals surface area contributed by atoms with E-state index in [2.05, 4.69) is 4.90 Å². The van der Waals surface area contributed by atoms with Crippen LogP contribution in [0.3, 0.4) is 0 Å². The number of hydrogen-bond acceptors (Lipinski definition) is 6. The molecule has 0 aliphatic carbocycles.